The molecule has 0 aliphatic heterocycles. The molecule has 0 saturated carbocycles. The molecule has 0 saturated heterocycles. The van der Waals surface area contributed by atoms with Crippen LogP contribution in [0.25, 0.3) is 0 Å². The molecule has 0 amide bonds. The predicted molar refractivity (Wildman–Crippen MR) is 45.1 cm³/mol. The highest BCUT2D eigenvalue weighted by Crippen LogP contribution is 2.20. The molecule has 1 rings (SSSR count). The summed E-state index contributed by atoms with van der Waals surface area (Å²) in [6.45, 7) is 0. The maximum Gasteiger partial charge on any atom is 0.154 e. The van der Waals surface area contributed by atoms with Gasteiger partial charge in [0, 0.05) is 17.1 Å². The highest BCUT2D eigenvalue weighted by molar-refractivity contribution is 5.92. The number of hydrogen-bond acceptors (Lipinski definition) is 4. The Morgan fingerprint density at radius 2 is 1.55 bits per heavy atom. The molecule has 1 aromatic carbocycles. The number of rotatable bonds is 1. The van der Waals surface area contributed by atoms with E-state index in [1.807, 2.05) is 0 Å². The zero-order valence-electron chi connectivity index (χ0n) is 5.87. The monoisotopic (exact) mass is 151 g/mol. The SMILES string of the molecule is Nc1cc(N)c(C=O)c(N)c1. The van der Waals surface area contributed by atoms with E-state index in [1.165, 1.54) is 12.1 Å². The van der Waals surface area contributed by atoms with Crippen LogP contribution in [0.2, 0.25) is 0 Å². The van der Waals surface area contributed by atoms with E-state index < -0.39 is 0 Å². The van der Waals surface area contributed by atoms with Gasteiger partial charge in [-0.25, -0.2) is 0 Å². The molecule has 0 fully saturated rings. The Hall–Kier alpha value is -1.71. The van der Waals surface area contributed by atoms with Crippen LogP contribution < -0.4 is 17.2 Å². The van der Waals surface area contributed by atoms with Crippen molar-refractivity contribution in [3.8, 4) is 0 Å². The summed E-state index contributed by atoms with van der Waals surface area (Å²) >= 11 is 0. The van der Waals surface area contributed by atoms with Crippen molar-refractivity contribution in [3.63, 3.8) is 0 Å². The highest BCUT2D eigenvalue weighted by Gasteiger charge is 2.02. The molecule has 0 spiro atoms. The Labute approximate surface area is 64.0 Å². The third-order valence-electron chi connectivity index (χ3n) is 1.38. The Morgan fingerprint density at radius 1 is 1.09 bits per heavy atom. The van der Waals surface area contributed by atoms with Crippen LogP contribution in [0.1, 0.15) is 10.4 Å². The number of aldehydes is 1. The maximum atomic E-state index is 10.4. The fraction of sp³-hybridized carbons (Fsp3) is 0. The van der Waals surface area contributed by atoms with Gasteiger partial charge in [0.15, 0.2) is 6.29 Å². The number of nitrogens with two attached hydrogens (primary N) is 3. The van der Waals surface area contributed by atoms with E-state index in [4.69, 9.17) is 17.2 Å². The normalized spacial score (nSPS) is 9.45. The lowest BCUT2D eigenvalue weighted by Crippen LogP contribution is -2.00. The second kappa shape index (κ2) is 2.49. The number of nitrogen functional groups attached to an aromatic ring is 3. The molecule has 4 nitrogen and oxygen atoms in total. The molecule has 6 N–H and O–H groups in total. The molecule has 0 unspecified atom stereocenters. The molecule has 0 radical (unpaired) electrons. The van der Waals surface area contributed by atoms with E-state index in [0.29, 0.717) is 28.9 Å². The molecule has 11 heavy (non-hydrogen) atoms. The van der Waals surface area contributed by atoms with Crippen LogP contribution >= 0.6 is 0 Å². The fourth-order valence-corrected chi connectivity index (χ4v) is 0.859. The quantitative estimate of drug-likeness (QED) is 0.396. The lowest BCUT2D eigenvalue weighted by atomic mass is 10.1. The molecule has 0 aliphatic carbocycles. The second-order valence-corrected chi connectivity index (χ2v) is 2.23. The number of anilines is 3. The minimum absolute atomic E-state index is 0.305. The van der Waals surface area contributed by atoms with Crippen molar-refractivity contribution in [1.29, 1.82) is 0 Å². The summed E-state index contributed by atoms with van der Waals surface area (Å²) in [6, 6.07) is 3.00. The van der Waals surface area contributed by atoms with E-state index >= 15 is 0 Å². The van der Waals surface area contributed by atoms with Crippen molar-refractivity contribution in [2.45, 2.75) is 0 Å². The average Bonchev–Trinajstić information content (AvgIpc) is 1.85. The van der Waals surface area contributed by atoms with Gasteiger partial charge in [-0.3, -0.25) is 4.79 Å². The summed E-state index contributed by atoms with van der Waals surface area (Å²) in [5.74, 6) is 0. The van der Waals surface area contributed by atoms with Crippen LogP contribution in [0.15, 0.2) is 12.1 Å². The smallest absolute Gasteiger partial charge is 0.154 e. The molecule has 1 aromatic rings. The zero-order chi connectivity index (χ0) is 8.43. The Bertz CT molecular complexity index is 273. The van der Waals surface area contributed by atoms with Crippen LogP contribution in [-0.2, 0) is 0 Å². The van der Waals surface area contributed by atoms with Crippen LogP contribution in [0, 0.1) is 0 Å². The third kappa shape index (κ3) is 1.24. The second-order valence-electron chi connectivity index (χ2n) is 2.23. The molecule has 0 aliphatic rings. The molecule has 0 bridgehead atoms. The molecule has 58 valence electrons. The summed E-state index contributed by atoms with van der Waals surface area (Å²) in [7, 11) is 0. The van der Waals surface area contributed by atoms with Crippen molar-refractivity contribution < 1.29 is 4.79 Å². The molecular formula is C7H9N3O. The van der Waals surface area contributed by atoms with Crippen LogP contribution in [-0.4, -0.2) is 6.29 Å². The molecule has 4 heteroatoms. The van der Waals surface area contributed by atoms with Gasteiger partial charge in [-0.05, 0) is 12.1 Å². The van der Waals surface area contributed by atoms with Gasteiger partial charge < -0.3 is 17.2 Å². The number of carbonyl (C=O) groups excluding carboxylic acids is 1. The van der Waals surface area contributed by atoms with Crippen LogP contribution in [0.5, 0.6) is 0 Å². The van der Waals surface area contributed by atoms with Crippen molar-refractivity contribution >= 4 is 23.3 Å². The van der Waals surface area contributed by atoms with E-state index in [0.717, 1.165) is 0 Å². The van der Waals surface area contributed by atoms with Crippen LogP contribution in [0.3, 0.4) is 0 Å². The Kier molecular flexibility index (Phi) is 1.68. The van der Waals surface area contributed by atoms with Crippen LogP contribution in [0.4, 0.5) is 17.1 Å². The van der Waals surface area contributed by atoms with Crippen molar-refractivity contribution in [2.24, 2.45) is 0 Å². The lowest BCUT2D eigenvalue weighted by molar-refractivity contribution is 0.112. The van der Waals surface area contributed by atoms with E-state index in [2.05, 4.69) is 0 Å². The summed E-state index contributed by atoms with van der Waals surface area (Å²) in [4.78, 5) is 10.4. The first-order valence-corrected chi connectivity index (χ1v) is 3.05. The molecular weight excluding hydrogens is 142 g/mol. The molecule has 0 atom stereocenters. The van der Waals surface area contributed by atoms with E-state index in [9.17, 15) is 4.79 Å². The van der Waals surface area contributed by atoms with Crippen molar-refractivity contribution in [1.82, 2.24) is 0 Å². The summed E-state index contributed by atoms with van der Waals surface area (Å²) < 4.78 is 0. The topological polar surface area (TPSA) is 95.1 Å². The number of benzene rings is 1. The standard InChI is InChI=1S/C7H9N3O/c8-4-1-6(9)5(3-11)7(10)2-4/h1-3H,8-10H2. The first-order chi connectivity index (χ1) is 5.15. The molecule has 0 heterocycles. The van der Waals surface area contributed by atoms with Gasteiger partial charge in [-0.2, -0.15) is 0 Å². The van der Waals surface area contributed by atoms with Gasteiger partial charge in [0.05, 0.1) is 5.56 Å². The van der Waals surface area contributed by atoms with E-state index in [-0.39, 0.29) is 0 Å². The van der Waals surface area contributed by atoms with Gasteiger partial charge in [0.2, 0.25) is 0 Å². The summed E-state index contributed by atoms with van der Waals surface area (Å²) in [6.07, 6.45) is 0.615. The number of carbonyl (C=O) groups is 1. The first kappa shape index (κ1) is 7.40. The Balaban J connectivity index is 3.36. The van der Waals surface area contributed by atoms with Gasteiger partial charge in [-0.15, -0.1) is 0 Å². The average molecular weight is 151 g/mol. The summed E-state index contributed by atoms with van der Waals surface area (Å²) in [5, 5.41) is 0. The summed E-state index contributed by atoms with van der Waals surface area (Å²) in [5.41, 5.74) is 17.7. The molecule has 0 aromatic heterocycles. The minimum atomic E-state index is 0.305. The first-order valence-electron chi connectivity index (χ1n) is 3.05. The van der Waals surface area contributed by atoms with Gasteiger partial charge in [0.1, 0.15) is 0 Å². The largest absolute Gasteiger partial charge is 0.399 e. The highest BCUT2D eigenvalue weighted by atomic mass is 16.1. The van der Waals surface area contributed by atoms with Crippen molar-refractivity contribution in [3.05, 3.63) is 17.7 Å². The fourth-order valence-electron chi connectivity index (χ4n) is 0.859. The van der Waals surface area contributed by atoms with Gasteiger partial charge in [0.25, 0.3) is 0 Å². The predicted octanol–water partition coefficient (Wildman–Crippen LogP) is 0.246. The van der Waals surface area contributed by atoms with Crippen molar-refractivity contribution in [2.75, 3.05) is 17.2 Å². The maximum absolute atomic E-state index is 10.4. The van der Waals surface area contributed by atoms with Gasteiger partial charge >= 0.3 is 0 Å². The van der Waals surface area contributed by atoms with E-state index in [1.54, 1.807) is 0 Å². The minimum Gasteiger partial charge on any atom is -0.399 e. The van der Waals surface area contributed by atoms with Gasteiger partial charge in [-0.1, -0.05) is 0 Å². The third-order valence-corrected chi connectivity index (χ3v) is 1.38. The Morgan fingerprint density at radius 3 is 1.91 bits per heavy atom. The lowest BCUT2D eigenvalue weighted by Gasteiger charge is -2.03. The number of hydrogen-bond donors (Lipinski definition) is 3. The zero-order valence-corrected chi connectivity index (χ0v) is 5.87.